The molecule has 9 heteroatoms. The fourth-order valence-corrected chi connectivity index (χ4v) is 4.32. The number of ether oxygens (including phenoxy) is 2. The van der Waals surface area contributed by atoms with Gasteiger partial charge in [-0.05, 0) is 56.5 Å². The Bertz CT molecular complexity index is 1090. The van der Waals surface area contributed by atoms with Crippen LogP contribution in [0, 0.1) is 13.8 Å². The highest BCUT2D eigenvalue weighted by molar-refractivity contribution is 7.17. The van der Waals surface area contributed by atoms with Crippen LogP contribution in [0.2, 0.25) is 0 Å². The summed E-state index contributed by atoms with van der Waals surface area (Å²) < 4.78 is 40.5. The van der Waals surface area contributed by atoms with Gasteiger partial charge in [0.15, 0.2) is 22.3 Å². The largest absolute Gasteiger partial charge is 0.493 e. The number of hydrogen-bond acceptors (Lipinski definition) is 6. The summed E-state index contributed by atoms with van der Waals surface area (Å²) >= 11 is 1.31. The Kier molecular flexibility index (Phi) is 5.95. The fraction of sp³-hybridized carbons (Fsp3) is 0.364. The van der Waals surface area contributed by atoms with Gasteiger partial charge in [-0.2, -0.15) is 8.78 Å². The van der Waals surface area contributed by atoms with Crippen LogP contribution in [0.15, 0.2) is 34.7 Å². The topological polar surface area (TPSA) is 64.8 Å². The summed E-state index contributed by atoms with van der Waals surface area (Å²) in [6.07, 6.45) is 1.86. The molecule has 0 aliphatic heterocycles. The molecule has 1 aliphatic rings. The van der Waals surface area contributed by atoms with Crippen LogP contribution in [0.25, 0.3) is 10.8 Å². The predicted octanol–water partition coefficient (Wildman–Crippen LogP) is 5.43. The number of carbonyl (C=O) groups is 1. The van der Waals surface area contributed by atoms with Gasteiger partial charge in [0.2, 0.25) is 0 Å². The summed E-state index contributed by atoms with van der Waals surface area (Å²) in [6, 6.07) is 8.57. The Hall–Kier alpha value is -2.94. The summed E-state index contributed by atoms with van der Waals surface area (Å²) in [5.74, 6) is 1.48. The van der Waals surface area contributed by atoms with E-state index in [9.17, 15) is 13.6 Å². The monoisotopic (exact) mass is 448 g/mol. The van der Waals surface area contributed by atoms with Gasteiger partial charge in [-0.25, -0.2) is 4.98 Å². The lowest BCUT2D eigenvalue weighted by Gasteiger charge is -2.22. The molecule has 1 saturated carbocycles. The van der Waals surface area contributed by atoms with Crippen molar-refractivity contribution in [2.45, 2.75) is 45.9 Å². The van der Waals surface area contributed by atoms with Crippen LogP contribution in [0.1, 0.15) is 39.5 Å². The number of amides is 1. The van der Waals surface area contributed by atoms with Crippen molar-refractivity contribution in [2.24, 2.45) is 0 Å². The molecule has 0 atom stereocenters. The van der Waals surface area contributed by atoms with Crippen molar-refractivity contribution in [3.05, 3.63) is 52.2 Å². The zero-order valence-electron chi connectivity index (χ0n) is 17.4. The number of methoxy groups -OCH3 is 1. The van der Waals surface area contributed by atoms with Crippen molar-refractivity contribution < 1.29 is 27.5 Å². The van der Waals surface area contributed by atoms with E-state index in [1.165, 1.54) is 24.5 Å². The SMILES string of the molecule is COc1cc(CN(C(=O)c2sc(-c3ccc(C)o3)nc2C)C2CC2)ccc1OC(F)F. The second kappa shape index (κ2) is 8.66. The van der Waals surface area contributed by atoms with Crippen molar-refractivity contribution in [3.63, 3.8) is 0 Å². The lowest BCUT2D eigenvalue weighted by molar-refractivity contribution is -0.0512. The molecule has 0 unspecified atom stereocenters. The number of furan rings is 1. The Labute approximate surface area is 182 Å². The number of aryl methyl sites for hydroxylation is 2. The Morgan fingerprint density at radius 2 is 2.03 bits per heavy atom. The molecule has 0 bridgehead atoms. The highest BCUT2D eigenvalue weighted by atomic mass is 32.1. The summed E-state index contributed by atoms with van der Waals surface area (Å²) in [5, 5.41) is 0.667. The van der Waals surface area contributed by atoms with Crippen LogP contribution in [0.5, 0.6) is 11.5 Å². The lowest BCUT2D eigenvalue weighted by Crippen LogP contribution is -2.32. The van der Waals surface area contributed by atoms with Crippen molar-refractivity contribution in [2.75, 3.05) is 7.11 Å². The van der Waals surface area contributed by atoms with Gasteiger partial charge in [-0.15, -0.1) is 11.3 Å². The van der Waals surface area contributed by atoms with E-state index in [4.69, 9.17) is 9.15 Å². The van der Waals surface area contributed by atoms with Gasteiger partial charge in [0.05, 0.1) is 12.8 Å². The first-order valence-corrected chi connectivity index (χ1v) is 10.6. The molecule has 1 aliphatic carbocycles. The summed E-state index contributed by atoms with van der Waals surface area (Å²) in [5.41, 5.74) is 1.42. The molecule has 164 valence electrons. The lowest BCUT2D eigenvalue weighted by atomic mass is 10.1. The third-order valence-electron chi connectivity index (χ3n) is 4.99. The molecule has 0 N–H and O–H groups in total. The van der Waals surface area contributed by atoms with Gasteiger partial charge in [-0.1, -0.05) is 6.07 Å². The molecule has 0 saturated heterocycles. The number of halogens is 2. The van der Waals surface area contributed by atoms with E-state index in [1.54, 1.807) is 17.0 Å². The average molecular weight is 448 g/mol. The van der Waals surface area contributed by atoms with Crippen LogP contribution in [-0.4, -0.2) is 35.6 Å². The van der Waals surface area contributed by atoms with E-state index in [0.29, 0.717) is 27.9 Å². The smallest absolute Gasteiger partial charge is 0.387 e. The number of hydrogen-bond donors (Lipinski definition) is 0. The van der Waals surface area contributed by atoms with Crippen LogP contribution in [0.3, 0.4) is 0 Å². The van der Waals surface area contributed by atoms with E-state index in [2.05, 4.69) is 9.72 Å². The van der Waals surface area contributed by atoms with Gasteiger partial charge < -0.3 is 18.8 Å². The van der Waals surface area contributed by atoms with Crippen LogP contribution >= 0.6 is 11.3 Å². The molecule has 31 heavy (non-hydrogen) atoms. The van der Waals surface area contributed by atoms with E-state index in [0.717, 1.165) is 24.2 Å². The number of aromatic nitrogens is 1. The molecule has 2 aromatic heterocycles. The first-order valence-electron chi connectivity index (χ1n) is 9.82. The molecule has 0 spiro atoms. The standard InChI is InChI=1S/C22H22F2N2O4S/c1-12-4-8-17(29-12)20-25-13(2)19(31-20)21(27)26(15-6-7-15)11-14-5-9-16(30-22(23)24)18(10-14)28-3/h4-5,8-10,15,22H,6-7,11H2,1-3H3. The summed E-state index contributed by atoms with van der Waals surface area (Å²) in [4.78, 5) is 20.3. The van der Waals surface area contributed by atoms with E-state index < -0.39 is 6.61 Å². The number of carbonyl (C=O) groups excluding carboxylic acids is 1. The quantitative estimate of drug-likeness (QED) is 0.459. The first kappa shape index (κ1) is 21.3. The highest BCUT2D eigenvalue weighted by Crippen LogP contribution is 2.36. The minimum absolute atomic E-state index is 0.0396. The molecule has 4 rings (SSSR count). The van der Waals surface area contributed by atoms with Gasteiger partial charge in [0, 0.05) is 12.6 Å². The molecule has 1 fully saturated rings. The average Bonchev–Trinajstić information content (AvgIpc) is 3.36. The molecule has 3 aromatic rings. The van der Waals surface area contributed by atoms with Crippen molar-refractivity contribution in [3.8, 4) is 22.3 Å². The van der Waals surface area contributed by atoms with Gasteiger partial charge in [-0.3, -0.25) is 4.79 Å². The Balaban J connectivity index is 1.57. The van der Waals surface area contributed by atoms with Gasteiger partial charge in [0.1, 0.15) is 10.6 Å². The molecule has 1 aromatic carbocycles. The maximum atomic E-state index is 13.4. The number of nitrogens with zero attached hydrogens (tertiary/aromatic N) is 2. The Morgan fingerprint density at radius 3 is 2.65 bits per heavy atom. The van der Waals surface area contributed by atoms with Gasteiger partial charge in [0.25, 0.3) is 5.91 Å². The maximum absolute atomic E-state index is 13.4. The minimum atomic E-state index is -2.94. The summed E-state index contributed by atoms with van der Waals surface area (Å²) in [6.45, 7) is 1.07. The molecule has 2 heterocycles. The minimum Gasteiger partial charge on any atom is -0.493 e. The normalized spacial score (nSPS) is 13.5. The zero-order valence-corrected chi connectivity index (χ0v) is 18.2. The zero-order chi connectivity index (χ0) is 22.1. The van der Waals surface area contributed by atoms with Crippen molar-refractivity contribution >= 4 is 17.2 Å². The number of alkyl halides is 2. The van der Waals surface area contributed by atoms with Crippen LogP contribution < -0.4 is 9.47 Å². The van der Waals surface area contributed by atoms with E-state index in [1.807, 2.05) is 26.0 Å². The molecule has 6 nitrogen and oxygen atoms in total. The third kappa shape index (κ3) is 4.71. The molecule has 0 radical (unpaired) electrons. The van der Waals surface area contributed by atoms with Crippen LogP contribution in [0.4, 0.5) is 8.78 Å². The second-order valence-electron chi connectivity index (χ2n) is 7.37. The predicted molar refractivity (Wildman–Crippen MR) is 112 cm³/mol. The third-order valence-corrected chi connectivity index (χ3v) is 6.15. The Morgan fingerprint density at radius 1 is 1.26 bits per heavy atom. The first-order chi connectivity index (χ1) is 14.9. The highest BCUT2D eigenvalue weighted by Gasteiger charge is 2.35. The molecular weight excluding hydrogens is 426 g/mol. The van der Waals surface area contributed by atoms with E-state index >= 15 is 0 Å². The van der Waals surface area contributed by atoms with Gasteiger partial charge >= 0.3 is 6.61 Å². The van der Waals surface area contributed by atoms with Crippen molar-refractivity contribution in [1.29, 1.82) is 0 Å². The molecular formula is C22H22F2N2O4S. The number of thiazole rings is 1. The van der Waals surface area contributed by atoms with E-state index in [-0.39, 0.29) is 23.4 Å². The number of rotatable bonds is 8. The fourth-order valence-electron chi connectivity index (χ4n) is 3.33. The second-order valence-corrected chi connectivity index (χ2v) is 8.37. The molecule has 1 amide bonds. The number of benzene rings is 1. The van der Waals surface area contributed by atoms with Crippen molar-refractivity contribution in [1.82, 2.24) is 9.88 Å². The van der Waals surface area contributed by atoms with Crippen LogP contribution in [-0.2, 0) is 6.54 Å². The summed E-state index contributed by atoms with van der Waals surface area (Å²) in [7, 11) is 1.39. The maximum Gasteiger partial charge on any atom is 0.387 e.